The maximum Gasteiger partial charge on any atom is 0.397 e. The molecule has 1 aromatic rings. The summed E-state index contributed by atoms with van der Waals surface area (Å²) in [6, 6.07) is 5.02. The quantitative estimate of drug-likeness (QED) is 0.358. The van der Waals surface area contributed by atoms with Gasteiger partial charge < -0.3 is 29.9 Å². The fourth-order valence-electron chi connectivity index (χ4n) is 2.11. The number of aliphatic hydroxyl groups is 3. The van der Waals surface area contributed by atoms with E-state index < -0.39 is 53.7 Å². The highest BCUT2D eigenvalue weighted by atomic mass is 32.3. The van der Waals surface area contributed by atoms with Crippen LogP contribution in [0.15, 0.2) is 24.3 Å². The van der Waals surface area contributed by atoms with Crippen LogP contribution in [0.25, 0.3) is 0 Å². The molecule has 0 spiro atoms. The van der Waals surface area contributed by atoms with Crippen LogP contribution in [-0.2, 0) is 19.3 Å². The number of benzene rings is 1. The Kier molecular flexibility index (Phi) is 5.95. The normalized spacial score (nSPS) is 30.0. The Labute approximate surface area is 141 Å². The van der Waals surface area contributed by atoms with Crippen LogP contribution in [0, 0.1) is 0 Å². The molecule has 1 saturated heterocycles. The van der Waals surface area contributed by atoms with Crippen LogP contribution in [-0.4, -0.2) is 76.7 Å². The number of carbonyl (C=O) groups is 1. The average Bonchev–Trinajstić information content (AvgIpc) is 2.54. The third kappa shape index (κ3) is 5.09. The number of carboxylic acids is 1. The van der Waals surface area contributed by atoms with Gasteiger partial charge in [0, 0.05) is 0 Å². The van der Waals surface area contributed by atoms with Gasteiger partial charge in [-0.2, -0.15) is 8.42 Å². The zero-order chi connectivity index (χ0) is 18.8. The van der Waals surface area contributed by atoms with Crippen molar-refractivity contribution in [1.82, 2.24) is 0 Å². The zero-order valence-electron chi connectivity index (χ0n) is 12.5. The van der Waals surface area contributed by atoms with Gasteiger partial charge in [-0.3, -0.25) is 4.55 Å². The molecule has 0 unspecified atom stereocenters. The number of rotatable bonds is 6. The van der Waals surface area contributed by atoms with Crippen LogP contribution in [0.5, 0.6) is 5.75 Å². The molecule has 140 valence electrons. The summed E-state index contributed by atoms with van der Waals surface area (Å²) in [5.41, 5.74) is -0.00709. The van der Waals surface area contributed by atoms with E-state index in [-0.39, 0.29) is 11.3 Å². The van der Waals surface area contributed by atoms with E-state index >= 15 is 0 Å². The summed E-state index contributed by atoms with van der Waals surface area (Å²) in [4.78, 5) is 10.8. The molecule has 11 nitrogen and oxygen atoms in total. The summed E-state index contributed by atoms with van der Waals surface area (Å²) in [6.45, 7) is -0.832. The second-order valence-corrected chi connectivity index (χ2v) is 6.27. The van der Waals surface area contributed by atoms with Gasteiger partial charge >= 0.3 is 16.4 Å². The lowest BCUT2D eigenvalue weighted by atomic mass is 9.99. The standard InChI is InChI=1S/C13H16O11S/c14-9-8(5-22-25(19,20)21)24-13(11(16)10(9)15)23-7-3-1-6(2-4-7)12(17)18/h1-4,8-11,13-16H,5H2,(H,17,18)(H,19,20,21)/t8-,9-,10+,11-,13-/m1/s1. The third-order valence-corrected chi connectivity index (χ3v) is 3.84. The molecule has 1 aliphatic heterocycles. The van der Waals surface area contributed by atoms with E-state index in [9.17, 15) is 28.5 Å². The lowest BCUT2D eigenvalue weighted by molar-refractivity contribution is -0.276. The molecule has 12 heteroatoms. The fraction of sp³-hybridized carbons (Fsp3) is 0.462. The summed E-state index contributed by atoms with van der Waals surface area (Å²) in [6.07, 6.45) is -8.07. The number of hydrogen-bond donors (Lipinski definition) is 5. The molecule has 1 heterocycles. The van der Waals surface area contributed by atoms with Crippen LogP contribution in [0.1, 0.15) is 10.4 Å². The smallest absolute Gasteiger partial charge is 0.397 e. The van der Waals surface area contributed by atoms with Gasteiger partial charge in [0.1, 0.15) is 30.2 Å². The minimum absolute atomic E-state index is 0.00709. The van der Waals surface area contributed by atoms with Crippen molar-refractivity contribution in [3.63, 3.8) is 0 Å². The lowest BCUT2D eigenvalue weighted by Gasteiger charge is -2.39. The average molecular weight is 380 g/mol. The van der Waals surface area contributed by atoms with Crippen molar-refractivity contribution in [2.24, 2.45) is 0 Å². The van der Waals surface area contributed by atoms with Crippen molar-refractivity contribution in [3.05, 3.63) is 29.8 Å². The molecule has 0 aliphatic carbocycles. The maximum atomic E-state index is 10.8. The van der Waals surface area contributed by atoms with Gasteiger partial charge in [0.15, 0.2) is 0 Å². The van der Waals surface area contributed by atoms with Gasteiger partial charge in [0.05, 0.1) is 12.2 Å². The maximum absolute atomic E-state index is 10.8. The molecular formula is C13H16O11S. The van der Waals surface area contributed by atoms with E-state index in [0.717, 1.165) is 0 Å². The second-order valence-electron chi connectivity index (χ2n) is 5.17. The highest BCUT2D eigenvalue weighted by Crippen LogP contribution is 2.25. The van der Waals surface area contributed by atoms with Crippen molar-refractivity contribution >= 4 is 16.4 Å². The molecule has 5 atom stereocenters. The van der Waals surface area contributed by atoms with E-state index in [1.54, 1.807) is 0 Å². The summed E-state index contributed by atoms with van der Waals surface area (Å²) in [5, 5.41) is 38.3. The number of aromatic carboxylic acids is 1. The molecule has 0 aromatic heterocycles. The van der Waals surface area contributed by atoms with Crippen LogP contribution in [0.4, 0.5) is 0 Å². The summed E-state index contributed by atoms with van der Waals surface area (Å²) in [7, 11) is -4.80. The van der Waals surface area contributed by atoms with Crippen LogP contribution in [0.3, 0.4) is 0 Å². The van der Waals surface area contributed by atoms with Crippen LogP contribution in [0.2, 0.25) is 0 Å². The number of carboxylic acid groups (broad SMARTS) is 1. The molecule has 5 N–H and O–H groups in total. The van der Waals surface area contributed by atoms with Gasteiger partial charge in [0.25, 0.3) is 0 Å². The monoisotopic (exact) mass is 380 g/mol. The molecule has 25 heavy (non-hydrogen) atoms. The molecule has 0 saturated carbocycles. The Bertz CT molecular complexity index is 701. The first-order valence-electron chi connectivity index (χ1n) is 6.90. The summed E-state index contributed by atoms with van der Waals surface area (Å²) in [5.74, 6) is -1.06. The highest BCUT2D eigenvalue weighted by molar-refractivity contribution is 7.80. The minimum atomic E-state index is -4.80. The molecule has 1 aromatic carbocycles. The third-order valence-electron chi connectivity index (χ3n) is 3.40. The highest BCUT2D eigenvalue weighted by Gasteiger charge is 2.45. The Hall–Kier alpha value is -1.80. The topological polar surface area (TPSA) is 180 Å². The van der Waals surface area contributed by atoms with Crippen molar-refractivity contribution in [3.8, 4) is 5.75 Å². The molecule has 1 aliphatic rings. The van der Waals surface area contributed by atoms with Crippen LogP contribution >= 0.6 is 0 Å². The Balaban J connectivity index is 2.08. The number of ether oxygens (including phenoxy) is 2. The SMILES string of the molecule is O=C(O)c1ccc(O[C@@H]2O[C@H](COS(=O)(=O)O)[C@@H](O)[C@H](O)[C@H]2O)cc1. The van der Waals surface area contributed by atoms with Crippen molar-refractivity contribution in [2.75, 3.05) is 6.61 Å². The molecule has 0 bridgehead atoms. The summed E-state index contributed by atoms with van der Waals surface area (Å²) >= 11 is 0. The Morgan fingerprint density at radius 2 is 1.68 bits per heavy atom. The predicted octanol–water partition coefficient (Wildman–Crippen LogP) is -1.61. The predicted molar refractivity (Wildman–Crippen MR) is 78.2 cm³/mol. The minimum Gasteiger partial charge on any atom is -0.478 e. The number of hydrogen-bond acceptors (Lipinski definition) is 9. The van der Waals surface area contributed by atoms with E-state index in [0.29, 0.717) is 0 Å². The van der Waals surface area contributed by atoms with Gasteiger partial charge in [-0.25, -0.2) is 8.98 Å². The van der Waals surface area contributed by atoms with Gasteiger partial charge in [0.2, 0.25) is 6.29 Å². The Morgan fingerprint density at radius 3 is 2.20 bits per heavy atom. The summed E-state index contributed by atoms with van der Waals surface area (Å²) < 4.78 is 44.3. The first-order valence-corrected chi connectivity index (χ1v) is 8.26. The van der Waals surface area contributed by atoms with Gasteiger partial charge in [-0.1, -0.05) is 0 Å². The molecule has 0 radical (unpaired) electrons. The first-order chi connectivity index (χ1) is 11.6. The van der Waals surface area contributed by atoms with Crippen molar-refractivity contribution < 1.29 is 51.8 Å². The zero-order valence-corrected chi connectivity index (χ0v) is 13.3. The largest absolute Gasteiger partial charge is 0.478 e. The van der Waals surface area contributed by atoms with Crippen molar-refractivity contribution in [2.45, 2.75) is 30.7 Å². The van der Waals surface area contributed by atoms with E-state index in [2.05, 4.69) is 4.18 Å². The van der Waals surface area contributed by atoms with E-state index in [1.807, 2.05) is 0 Å². The Morgan fingerprint density at radius 1 is 1.08 bits per heavy atom. The second kappa shape index (κ2) is 7.61. The first kappa shape index (κ1) is 19.5. The molecule has 0 amide bonds. The van der Waals surface area contributed by atoms with Crippen molar-refractivity contribution in [1.29, 1.82) is 0 Å². The van der Waals surface area contributed by atoms with E-state index in [4.69, 9.17) is 19.1 Å². The molecule has 2 rings (SSSR count). The fourth-order valence-corrected chi connectivity index (χ4v) is 2.42. The van der Waals surface area contributed by atoms with Crippen LogP contribution < -0.4 is 4.74 Å². The lowest BCUT2D eigenvalue weighted by Crippen LogP contribution is -2.60. The molecular weight excluding hydrogens is 364 g/mol. The van der Waals surface area contributed by atoms with E-state index in [1.165, 1.54) is 24.3 Å². The molecule has 1 fully saturated rings. The number of aliphatic hydroxyl groups excluding tert-OH is 3. The van der Waals surface area contributed by atoms with Gasteiger partial charge in [-0.15, -0.1) is 0 Å². The van der Waals surface area contributed by atoms with Gasteiger partial charge in [-0.05, 0) is 24.3 Å².